The van der Waals surface area contributed by atoms with Crippen LogP contribution in [0.25, 0.3) is 0 Å². The molecule has 1 aliphatic rings. The molecule has 2 rings (SSSR count). The Bertz CT molecular complexity index is 304. The van der Waals surface area contributed by atoms with Crippen molar-refractivity contribution < 1.29 is 0 Å². The fraction of sp³-hybridized carbons (Fsp3) is 0.692. The van der Waals surface area contributed by atoms with Crippen LogP contribution in [0.5, 0.6) is 0 Å². The second-order valence-electron chi connectivity index (χ2n) is 5.91. The highest BCUT2D eigenvalue weighted by molar-refractivity contribution is 7.07. The van der Waals surface area contributed by atoms with E-state index in [4.69, 9.17) is 0 Å². The normalized spacial score (nSPS) is 19.1. The lowest BCUT2D eigenvalue weighted by atomic mass is 9.97. The average Bonchev–Trinajstić information content (AvgIpc) is 2.69. The minimum Gasteiger partial charge on any atom is -0.312 e. The maximum atomic E-state index is 3.64. The van der Waals surface area contributed by atoms with E-state index >= 15 is 0 Å². The summed E-state index contributed by atoms with van der Waals surface area (Å²) in [5.41, 5.74) is 2.35. The van der Waals surface area contributed by atoms with E-state index in [0.29, 0.717) is 5.41 Å². The Labute approximate surface area is 96.9 Å². The van der Waals surface area contributed by atoms with Crippen molar-refractivity contribution in [1.29, 1.82) is 0 Å². The summed E-state index contributed by atoms with van der Waals surface area (Å²) < 4.78 is 0. The molecule has 0 bridgehead atoms. The van der Waals surface area contributed by atoms with Crippen LogP contribution < -0.4 is 5.32 Å². The molecule has 84 valence electrons. The zero-order valence-electron chi connectivity index (χ0n) is 9.97. The first-order chi connectivity index (χ1) is 6.99. The second-order valence-corrected chi connectivity index (χ2v) is 6.69. The summed E-state index contributed by atoms with van der Waals surface area (Å²) in [5, 5.41) is 8.11. The number of hydrogen-bond donors (Lipinski definition) is 1. The third-order valence-electron chi connectivity index (χ3n) is 3.11. The van der Waals surface area contributed by atoms with Crippen molar-refractivity contribution >= 4 is 11.3 Å². The van der Waals surface area contributed by atoms with Crippen LogP contribution in [-0.4, -0.2) is 12.1 Å². The van der Waals surface area contributed by atoms with Crippen molar-refractivity contribution in [2.75, 3.05) is 6.54 Å². The van der Waals surface area contributed by atoms with E-state index in [1.54, 1.807) is 0 Å². The third-order valence-corrected chi connectivity index (χ3v) is 3.84. The van der Waals surface area contributed by atoms with Gasteiger partial charge in [0, 0.05) is 12.1 Å². The van der Waals surface area contributed by atoms with Gasteiger partial charge in [0.15, 0.2) is 0 Å². The van der Waals surface area contributed by atoms with Gasteiger partial charge in [-0.05, 0) is 67.8 Å². The van der Waals surface area contributed by atoms with Crippen LogP contribution in [-0.2, 0) is 6.42 Å². The fourth-order valence-corrected chi connectivity index (χ4v) is 2.54. The zero-order valence-corrected chi connectivity index (χ0v) is 10.8. The molecule has 0 saturated heterocycles. The van der Waals surface area contributed by atoms with Crippen molar-refractivity contribution in [1.82, 2.24) is 5.32 Å². The first kappa shape index (κ1) is 11.2. The van der Waals surface area contributed by atoms with Crippen LogP contribution in [0.15, 0.2) is 16.8 Å². The first-order valence-corrected chi connectivity index (χ1v) is 6.70. The first-order valence-electron chi connectivity index (χ1n) is 5.75. The summed E-state index contributed by atoms with van der Waals surface area (Å²) in [6, 6.07) is 2.27. The van der Waals surface area contributed by atoms with Crippen LogP contribution in [0.3, 0.4) is 0 Å². The Morgan fingerprint density at radius 3 is 2.60 bits per heavy atom. The monoisotopic (exact) mass is 223 g/mol. The Morgan fingerprint density at radius 1 is 1.40 bits per heavy atom. The third kappa shape index (κ3) is 3.32. The maximum Gasteiger partial charge on any atom is 0.00967 e. The molecular weight excluding hydrogens is 202 g/mol. The van der Waals surface area contributed by atoms with Gasteiger partial charge in [-0.15, -0.1) is 0 Å². The number of hydrogen-bond acceptors (Lipinski definition) is 2. The van der Waals surface area contributed by atoms with E-state index in [-0.39, 0.29) is 5.54 Å². The van der Waals surface area contributed by atoms with Crippen LogP contribution in [0.2, 0.25) is 0 Å². The molecule has 0 unspecified atom stereocenters. The Balaban J connectivity index is 1.86. The van der Waals surface area contributed by atoms with E-state index in [9.17, 15) is 0 Å². The SMILES string of the molecule is CC(C)(C)NCC1(Cc2ccsc2)CC1. The molecule has 1 nitrogen and oxygen atoms in total. The molecule has 1 aliphatic carbocycles. The molecule has 2 heteroatoms. The zero-order chi connectivity index (χ0) is 10.9. The van der Waals surface area contributed by atoms with Crippen molar-refractivity contribution in [2.45, 2.75) is 45.6 Å². The summed E-state index contributed by atoms with van der Waals surface area (Å²) in [6.45, 7) is 7.90. The highest BCUT2D eigenvalue weighted by atomic mass is 32.1. The number of nitrogens with one attached hydrogen (secondary N) is 1. The Hall–Kier alpha value is -0.340. The molecule has 0 aliphatic heterocycles. The van der Waals surface area contributed by atoms with Gasteiger partial charge >= 0.3 is 0 Å². The van der Waals surface area contributed by atoms with E-state index in [2.05, 4.69) is 42.9 Å². The molecule has 1 fully saturated rings. The predicted molar refractivity (Wildman–Crippen MR) is 67.4 cm³/mol. The standard InChI is InChI=1S/C13H21NS/c1-12(2,3)14-10-13(5-6-13)8-11-4-7-15-9-11/h4,7,9,14H,5-6,8,10H2,1-3H3. The molecule has 1 aromatic rings. The van der Waals surface area contributed by atoms with Crippen LogP contribution in [0.1, 0.15) is 39.2 Å². The summed E-state index contributed by atoms with van der Waals surface area (Å²) in [4.78, 5) is 0. The molecule has 0 aromatic carbocycles. The summed E-state index contributed by atoms with van der Waals surface area (Å²) in [5.74, 6) is 0. The smallest absolute Gasteiger partial charge is 0.00967 e. The second kappa shape index (κ2) is 3.91. The van der Waals surface area contributed by atoms with Gasteiger partial charge in [-0.3, -0.25) is 0 Å². The highest BCUT2D eigenvalue weighted by Gasteiger charge is 2.42. The van der Waals surface area contributed by atoms with Crippen molar-refractivity contribution in [3.8, 4) is 0 Å². The number of thiophene rings is 1. The molecule has 1 N–H and O–H groups in total. The predicted octanol–water partition coefficient (Wildman–Crippen LogP) is 3.46. The topological polar surface area (TPSA) is 12.0 Å². The Kier molecular flexibility index (Phi) is 2.91. The van der Waals surface area contributed by atoms with Gasteiger partial charge in [-0.25, -0.2) is 0 Å². The van der Waals surface area contributed by atoms with Crippen molar-refractivity contribution in [3.05, 3.63) is 22.4 Å². The quantitative estimate of drug-likeness (QED) is 0.824. The van der Waals surface area contributed by atoms with E-state index < -0.39 is 0 Å². The maximum absolute atomic E-state index is 3.64. The lowest BCUT2D eigenvalue weighted by Gasteiger charge is -2.25. The minimum absolute atomic E-state index is 0.254. The van der Waals surface area contributed by atoms with Crippen molar-refractivity contribution in [3.63, 3.8) is 0 Å². The van der Waals surface area contributed by atoms with Gasteiger partial charge in [-0.1, -0.05) is 0 Å². The molecule has 1 heterocycles. The highest BCUT2D eigenvalue weighted by Crippen LogP contribution is 2.48. The van der Waals surface area contributed by atoms with E-state index in [1.165, 1.54) is 31.4 Å². The van der Waals surface area contributed by atoms with Crippen LogP contribution >= 0.6 is 11.3 Å². The van der Waals surface area contributed by atoms with E-state index in [0.717, 1.165) is 0 Å². The summed E-state index contributed by atoms with van der Waals surface area (Å²) in [7, 11) is 0. The molecule has 1 saturated carbocycles. The summed E-state index contributed by atoms with van der Waals surface area (Å²) in [6.07, 6.45) is 4.05. The van der Waals surface area contributed by atoms with Crippen LogP contribution in [0.4, 0.5) is 0 Å². The average molecular weight is 223 g/mol. The molecular formula is C13H21NS. The molecule has 0 radical (unpaired) electrons. The minimum atomic E-state index is 0.254. The lowest BCUT2D eigenvalue weighted by Crippen LogP contribution is -2.40. The lowest BCUT2D eigenvalue weighted by molar-refractivity contribution is 0.356. The fourth-order valence-electron chi connectivity index (χ4n) is 1.87. The molecule has 1 aromatic heterocycles. The van der Waals surface area contributed by atoms with Gasteiger partial charge in [0.05, 0.1) is 0 Å². The molecule has 0 amide bonds. The molecule has 0 atom stereocenters. The van der Waals surface area contributed by atoms with Crippen molar-refractivity contribution in [2.24, 2.45) is 5.41 Å². The van der Waals surface area contributed by atoms with Gasteiger partial charge < -0.3 is 5.32 Å². The largest absolute Gasteiger partial charge is 0.312 e. The summed E-state index contributed by atoms with van der Waals surface area (Å²) >= 11 is 1.81. The molecule has 0 spiro atoms. The Morgan fingerprint density at radius 2 is 2.13 bits per heavy atom. The van der Waals surface area contributed by atoms with E-state index in [1.807, 2.05) is 11.3 Å². The number of rotatable bonds is 4. The molecule has 15 heavy (non-hydrogen) atoms. The van der Waals surface area contributed by atoms with Gasteiger partial charge in [0.25, 0.3) is 0 Å². The van der Waals surface area contributed by atoms with Crippen LogP contribution in [0, 0.1) is 5.41 Å². The van der Waals surface area contributed by atoms with Gasteiger partial charge in [-0.2, -0.15) is 11.3 Å². The van der Waals surface area contributed by atoms with Gasteiger partial charge in [0.1, 0.15) is 0 Å². The van der Waals surface area contributed by atoms with Gasteiger partial charge in [0.2, 0.25) is 0 Å².